The van der Waals surface area contributed by atoms with Crippen LogP contribution in [0.1, 0.15) is 48.4 Å². The molecule has 1 aliphatic rings. The van der Waals surface area contributed by atoms with Gasteiger partial charge < -0.3 is 20.6 Å². The van der Waals surface area contributed by atoms with Crippen LogP contribution in [0.4, 0.5) is 0 Å². The standard InChI is InChI=1S/C27H36N6O4/c1-4-28-27(37)26-30-29-25(22-15-21(18(2)3)23(35)16-24(22)36)33(26)20-7-5-19(6-8-20)17-32-11-9-31(10-12-32)13-14-34/h5-8,15-16,18,34-36H,4,9-14,17H2,1-3H3,(H,28,37). The van der Waals surface area contributed by atoms with Gasteiger partial charge in [0.05, 0.1) is 12.2 Å². The van der Waals surface area contributed by atoms with Gasteiger partial charge in [-0.25, -0.2) is 0 Å². The lowest BCUT2D eigenvalue weighted by Crippen LogP contribution is -2.46. The van der Waals surface area contributed by atoms with Crippen LogP contribution in [-0.4, -0.2) is 91.7 Å². The summed E-state index contributed by atoms with van der Waals surface area (Å²) in [7, 11) is 0. The number of β-amino-alcohol motifs (C(OH)–C–C–N with tert-alkyl or cyclic N) is 1. The van der Waals surface area contributed by atoms with Crippen LogP contribution >= 0.6 is 0 Å². The Bertz CT molecular complexity index is 1220. The molecule has 1 saturated heterocycles. The summed E-state index contributed by atoms with van der Waals surface area (Å²) < 4.78 is 1.64. The first-order valence-electron chi connectivity index (χ1n) is 12.8. The summed E-state index contributed by atoms with van der Waals surface area (Å²) in [5.41, 5.74) is 2.88. The van der Waals surface area contributed by atoms with Gasteiger partial charge in [-0.3, -0.25) is 19.2 Å². The molecular weight excluding hydrogens is 472 g/mol. The van der Waals surface area contributed by atoms with Gasteiger partial charge in [-0.05, 0) is 42.2 Å². The van der Waals surface area contributed by atoms with Crippen molar-refractivity contribution in [2.45, 2.75) is 33.2 Å². The topological polar surface area (TPSA) is 127 Å². The first kappa shape index (κ1) is 26.6. The van der Waals surface area contributed by atoms with Crippen molar-refractivity contribution in [1.29, 1.82) is 0 Å². The maximum absolute atomic E-state index is 12.8. The van der Waals surface area contributed by atoms with Crippen LogP contribution in [0.25, 0.3) is 17.1 Å². The van der Waals surface area contributed by atoms with E-state index in [1.807, 2.05) is 45.0 Å². The maximum Gasteiger partial charge on any atom is 0.289 e. The van der Waals surface area contributed by atoms with E-state index in [9.17, 15) is 15.0 Å². The Hall–Kier alpha value is -3.47. The lowest BCUT2D eigenvalue weighted by molar-refractivity contribution is 0.0943. The van der Waals surface area contributed by atoms with Crippen molar-refractivity contribution in [3.8, 4) is 28.6 Å². The number of rotatable bonds is 9. The van der Waals surface area contributed by atoms with Crippen LogP contribution in [0.3, 0.4) is 0 Å². The highest BCUT2D eigenvalue weighted by Crippen LogP contribution is 2.38. The average Bonchev–Trinajstić information content (AvgIpc) is 3.31. The quantitative estimate of drug-likeness (QED) is 0.347. The number of hydrogen-bond donors (Lipinski definition) is 4. The van der Waals surface area contributed by atoms with Crippen molar-refractivity contribution in [2.24, 2.45) is 0 Å². The van der Waals surface area contributed by atoms with Crippen molar-refractivity contribution in [3.05, 3.63) is 53.3 Å². The number of benzene rings is 2. The van der Waals surface area contributed by atoms with Crippen LogP contribution in [0.15, 0.2) is 36.4 Å². The molecule has 198 valence electrons. The van der Waals surface area contributed by atoms with Crippen molar-refractivity contribution >= 4 is 5.91 Å². The second kappa shape index (κ2) is 11.7. The highest BCUT2D eigenvalue weighted by Gasteiger charge is 2.24. The van der Waals surface area contributed by atoms with Crippen LogP contribution in [0.2, 0.25) is 0 Å². The third kappa shape index (κ3) is 5.93. The molecule has 0 spiro atoms. The summed E-state index contributed by atoms with van der Waals surface area (Å²) >= 11 is 0. The molecule has 2 heterocycles. The van der Waals surface area contributed by atoms with Gasteiger partial charge in [-0.2, -0.15) is 0 Å². The van der Waals surface area contributed by atoms with Crippen LogP contribution in [0, 0.1) is 0 Å². The molecule has 0 radical (unpaired) electrons. The van der Waals surface area contributed by atoms with Crippen LogP contribution in [0.5, 0.6) is 11.5 Å². The minimum absolute atomic E-state index is 0.00723. The number of aromatic hydroxyl groups is 2. The Balaban J connectivity index is 1.66. The predicted octanol–water partition coefficient (Wildman–Crippen LogP) is 2.33. The van der Waals surface area contributed by atoms with E-state index in [-0.39, 0.29) is 35.8 Å². The van der Waals surface area contributed by atoms with Gasteiger partial charge in [0.15, 0.2) is 5.82 Å². The zero-order valence-corrected chi connectivity index (χ0v) is 21.7. The Labute approximate surface area is 217 Å². The molecule has 0 bridgehead atoms. The van der Waals surface area contributed by atoms with E-state index in [4.69, 9.17) is 5.11 Å². The smallest absolute Gasteiger partial charge is 0.289 e. The summed E-state index contributed by atoms with van der Waals surface area (Å²) in [6.07, 6.45) is 0. The van der Waals surface area contributed by atoms with Gasteiger partial charge in [0, 0.05) is 57.6 Å². The van der Waals surface area contributed by atoms with Gasteiger partial charge in [0.25, 0.3) is 5.91 Å². The second-order valence-electron chi connectivity index (χ2n) is 9.63. The molecule has 1 aromatic heterocycles. The first-order chi connectivity index (χ1) is 17.8. The molecule has 4 N–H and O–H groups in total. The molecule has 3 aromatic rings. The minimum Gasteiger partial charge on any atom is -0.508 e. The number of carbonyl (C=O) groups excluding carboxylic acids is 1. The fourth-order valence-corrected chi connectivity index (χ4v) is 4.65. The van der Waals surface area contributed by atoms with E-state index >= 15 is 0 Å². The van der Waals surface area contributed by atoms with Crippen molar-refractivity contribution in [3.63, 3.8) is 0 Å². The molecule has 0 aliphatic carbocycles. The van der Waals surface area contributed by atoms with Crippen LogP contribution < -0.4 is 5.32 Å². The molecule has 1 fully saturated rings. The molecule has 0 saturated carbocycles. The minimum atomic E-state index is -0.367. The van der Waals surface area contributed by atoms with Crippen molar-refractivity contribution < 1.29 is 20.1 Å². The Morgan fingerprint density at radius 3 is 2.30 bits per heavy atom. The highest BCUT2D eigenvalue weighted by molar-refractivity contribution is 5.92. The molecule has 2 aromatic carbocycles. The van der Waals surface area contributed by atoms with Gasteiger partial charge in [-0.15, -0.1) is 10.2 Å². The second-order valence-corrected chi connectivity index (χ2v) is 9.63. The van der Waals surface area contributed by atoms with E-state index < -0.39 is 0 Å². The molecule has 0 unspecified atom stereocenters. The van der Waals surface area contributed by atoms with E-state index in [0.29, 0.717) is 35.7 Å². The summed E-state index contributed by atoms with van der Waals surface area (Å²) in [6, 6.07) is 10.9. The largest absolute Gasteiger partial charge is 0.508 e. The number of carbonyl (C=O) groups is 1. The molecule has 37 heavy (non-hydrogen) atoms. The fourth-order valence-electron chi connectivity index (χ4n) is 4.65. The first-order valence-corrected chi connectivity index (χ1v) is 12.8. The normalized spacial score (nSPS) is 14.8. The Morgan fingerprint density at radius 2 is 1.68 bits per heavy atom. The third-order valence-electron chi connectivity index (χ3n) is 6.69. The average molecular weight is 509 g/mol. The number of amides is 1. The molecule has 0 atom stereocenters. The molecule has 1 aliphatic heterocycles. The molecular formula is C27H36N6O4. The number of aliphatic hydroxyl groups excluding tert-OH is 1. The molecule has 10 heteroatoms. The number of nitrogens with zero attached hydrogens (tertiary/aromatic N) is 5. The highest BCUT2D eigenvalue weighted by atomic mass is 16.3. The van der Waals surface area contributed by atoms with Gasteiger partial charge in [-0.1, -0.05) is 26.0 Å². The zero-order chi connectivity index (χ0) is 26.5. The van der Waals surface area contributed by atoms with Crippen molar-refractivity contribution in [1.82, 2.24) is 29.9 Å². The lowest BCUT2D eigenvalue weighted by atomic mass is 9.98. The van der Waals surface area contributed by atoms with Gasteiger partial charge >= 0.3 is 0 Å². The van der Waals surface area contributed by atoms with Gasteiger partial charge in [0.2, 0.25) is 5.82 Å². The summed E-state index contributed by atoms with van der Waals surface area (Å²) in [5.74, 6) is -0.0591. The van der Waals surface area contributed by atoms with Gasteiger partial charge in [0.1, 0.15) is 11.5 Å². The molecule has 4 rings (SSSR count). The Morgan fingerprint density at radius 1 is 1.00 bits per heavy atom. The van der Waals surface area contributed by atoms with E-state index in [1.165, 1.54) is 6.07 Å². The zero-order valence-electron chi connectivity index (χ0n) is 21.7. The lowest BCUT2D eigenvalue weighted by Gasteiger charge is -2.34. The summed E-state index contributed by atoms with van der Waals surface area (Å²) in [4.78, 5) is 17.5. The molecule has 10 nitrogen and oxygen atoms in total. The van der Waals surface area contributed by atoms with E-state index in [1.54, 1.807) is 10.6 Å². The summed E-state index contributed by atoms with van der Waals surface area (Å²) in [5, 5.41) is 41.4. The Kier molecular flexibility index (Phi) is 8.42. The number of hydrogen-bond acceptors (Lipinski definition) is 8. The maximum atomic E-state index is 12.8. The molecule has 1 amide bonds. The SMILES string of the molecule is CCNC(=O)c1nnc(-c2cc(C(C)C)c(O)cc2O)n1-c1ccc(CN2CCN(CCO)CC2)cc1. The number of nitrogens with one attached hydrogen (secondary N) is 1. The third-order valence-corrected chi connectivity index (χ3v) is 6.69. The number of phenols is 2. The van der Waals surface area contributed by atoms with Crippen molar-refractivity contribution in [2.75, 3.05) is 45.9 Å². The number of aliphatic hydroxyl groups is 1. The number of aromatic nitrogens is 3. The number of phenolic OH excluding ortho intramolecular Hbond substituents is 2. The van der Waals surface area contributed by atoms with Crippen LogP contribution in [-0.2, 0) is 6.54 Å². The number of piperazine rings is 1. The fraction of sp³-hybridized carbons (Fsp3) is 0.444. The monoisotopic (exact) mass is 508 g/mol. The van der Waals surface area contributed by atoms with E-state index in [2.05, 4.69) is 25.3 Å². The van der Waals surface area contributed by atoms with E-state index in [0.717, 1.165) is 38.3 Å². The summed E-state index contributed by atoms with van der Waals surface area (Å²) in [6.45, 7) is 11.6. The predicted molar refractivity (Wildman–Crippen MR) is 141 cm³/mol.